The SMILES string of the molecule is CC1(c2ccccc2Br)OCCC1N. The Morgan fingerprint density at radius 3 is 2.79 bits per heavy atom. The first-order valence-corrected chi connectivity index (χ1v) is 5.58. The van der Waals surface area contributed by atoms with E-state index in [4.69, 9.17) is 10.5 Å². The Kier molecular flexibility index (Phi) is 2.64. The van der Waals surface area contributed by atoms with Crippen LogP contribution in [0.3, 0.4) is 0 Å². The van der Waals surface area contributed by atoms with Gasteiger partial charge in [-0.05, 0) is 25.0 Å². The lowest BCUT2D eigenvalue weighted by atomic mass is 9.89. The van der Waals surface area contributed by atoms with Crippen molar-refractivity contribution in [2.75, 3.05) is 6.61 Å². The van der Waals surface area contributed by atoms with Gasteiger partial charge in [-0.25, -0.2) is 0 Å². The molecule has 1 aliphatic heterocycles. The third-order valence-corrected chi connectivity index (χ3v) is 3.64. The van der Waals surface area contributed by atoms with E-state index < -0.39 is 0 Å². The van der Waals surface area contributed by atoms with Gasteiger partial charge in [-0.1, -0.05) is 34.1 Å². The fourth-order valence-electron chi connectivity index (χ4n) is 1.92. The minimum absolute atomic E-state index is 0.0844. The number of benzene rings is 1. The molecule has 2 rings (SSSR count). The van der Waals surface area contributed by atoms with E-state index in [0.717, 1.165) is 23.1 Å². The summed E-state index contributed by atoms with van der Waals surface area (Å²) in [5.74, 6) is 0. The fourth-order valence-corrected chi connectivity index (χ4v) is 2.60. The maximum Gasteiger partial charge on any atom is 0.106 e. The Bertz CT molecular complexity index is 342. The van der Waals surface area contributed by atoms with Crippen molar-refractivity contribution in [3.05, 3.63) is 34.3 Å². The highest BCUT2D eigenvalue weighted by Gasteiger charge is 2.40. The number of ether oxygens (including phenoxy) is 1. The molecule has 14 heavy (non-hydrogen) atoms. The van der Waals surface area contributed by atoms with E-state index in [-0.39, 0.29) is 11.6 Å². The topological polar surface area (TPSA) is 35.2 Å². The molecule has 3 heteroatoms. The monoisotopic (exact) mass is 255 g/mol. The molecule has 0 bridgehead atoms. The van der Waals surface area contributed by atoms with Gasteiger partial charge in [0, 0.05) is 17.1 Å². The van der Waals surface area contributed by atoms with Crippen molar-refractivity contribution in [2.24, 2.45) is 5.73 Å². The van der Waals surface area contributed by atoms with Crippen LogP contribution in [0.5, 0.6) is 0 Å². The highest BCUT2D eigenvalue weighted by molar-refractivity contribution is 9.10. The second kappa shape index (κ2) is 3.65. The Hall–Kier alpha value is -0.380. The molecule has 0 amide bonds. The average Bonchev–Trinajstić information content (AvgIpc) is 2.49. The molecular formula is C11H14BrNO. The number of hydrogen-bond donors (Lipinski definition) is 1. The molecule has 0 radical (unpaired) electrons. The molecule has 2 unspecified atom stereocenters. The lowest BCUT2D eigenvalue weighted by Gasteiger charge is -2.29. The summed E-state index contributed by atoms with van der Waals surface area (Å²) in [6.07, 6.45) is 0.928. The van der Waals surface area contributed by atoms with Crippen LogP contribution in [0.15, 0.2) is 28.7 Å². The fraction of sp³-hybridized carbons (Fsp3) is 0.455. The summed E-state index contributed by atoms with van der Waals surface area (Å²) < 4.78 is 6.83. The van der Waals surface area contributed by atoms with E-state index in [2.05, 4.69) is 28.9 Å². The Morgan fingerprint density at radius 1 is 1.50 bits per heavy atom. The zero-order chi connectivity index (χ0) is 10.2. The second-order valence-electron chi connectivity index (χ2n) is 3.83. The van der Waals surface area contributed by atoms with Crippen LogP contribution in [0.25, 0.3) is 0 Å². The van der Waals surface area contributed by atoms with Gasteiger partial charge < -0.3 is 10.5 Å². The molecule has 0 aliphatic carbocycles. The molecule has 1 aliphatic rings. The summed E-state index contributed by atoms with van der Waals surface area (Å²) in [5.41, 5.74) is 6.88. The van der Waals surface area contributed by atoms with Crippen molar-refractivity contribution in [1.82, 2.24) is 0 Å². The summed E-state index contributed by atoms with van der Waals surface area (Å²) >= 11 is 3.53. The number of nitrogens with two attached hydrogens (primary N) is 1. The highest BCUT2D eigenvalue weighted by Crippen LogP contribution is 2.38. The van der Waals surface area contributed by atoms with Crippen LogP contribution in [0.2, 0.25) is 0 Å². The van der Waals surface area contributed by atoms with Crippen molar-refractivity contribution >= 4 is 15.9 Å². The van der Waals surface area contributed by atoms with Crippen LogP contribution >= 0.6 is 15.9 Å². The summed E-state index contributed by atoms with van der Waals surface area (Å²) in [6, 6.07) is 8.18. The molecule has 1 saturated heterocycles. The molecule has 2 atom stereocenters. The zero-order valence-corrected chi connectivity index (χ0v) is 9.75. The van der Waals surface area contributed by atoms with Gasteiger partial charge in [0.25, 0.3) is 0 Å². The normalized spacial score (nSPS) is 32.1. The lowest BCUT2D eigenvalue weighted by Crippen LogP contribution is -2.39. The largest absolute Gasteiger partial charge is 0.369 e. The molecule has 2 N–H and O–H groups in total. The third-order valence-electron chi connectivity index (χ3n) is 2.95. The Labute approximate surface area is 92.6 Å². The molecule has 1 aromatic carbocycles. The predicted molar refractivity (Wildman–Crippen MR) is 60.0 cm³/mol. The van der Waals surface area contributed by atoms with Crippen LogP contribution < -0.4 is 5.73 Å². The molecule has 1 fully saturated rings. The Balaban J connectivity index is 2.43. The van der Waals surface area contributed by atoms with Crippen molar-refractivity contribution in [3.8, 4) is 0 Å². The van der Waals surface area contributed by atoms with E-state index >= 15 is 0 Å². The van der Waals surface area contributed by atoms with E-state index in [1.807, 2.05) is 18.2 Å². The summed E-state index contributed by atoms with van der Waals surface area (Å²) in [5, 5.41) is 0. The molecule has 0 aromatic heterocycles. The zero-order valence-electron chi connectivity index (χ0n) is 8.16. The smallest absolute Gasteiger partial charge is 0.106 e. The van der Waals surface area contributed by atoms with Crippen LogP contribution in [-0.2, 0) is 10.3 Å². The first-order valence-electron chi connectivity index (χ1n) is 4.79. The molecule has 76 valence electrons. The van der Waals surface area contributed by atoms with Crippen LogP contribution in [-0.4, -0.2) is 12.6 Å². The number of hydrogen-bond acceptors (Lipinski definition) is 2. The molecule has 1 aromatic rings. The van der Waals surface area contributed by atoms with Gasteiger partial charge in [-0.3, -0.25) is 0 Å². The van der Waals surface area contributed by atoms with Gasteiger partial charge in [-0.15, -0.1) is 0 Å². The third kappa shape index (κ3) is 1.49. The van der Waals surface area contributed by atoms with Gasteiger partial charge >= 0.3 is 0 Å². The predicted octanol–water partition coefficient (Wildman–Crippen LogP) is 2.41. The van der Waals surface area contributed by atoms with E-state index in [9.17, 15) is 0 Å². The average molecular weight is 256 g/mol. The van der Waals surface area contributed by atoms with Crippen molar-refractivity contribution in [2.45, 2.75) is 25.0 Å². The van der Waals surface area contributed by atoms with Gasteiger partial charge in [-0.2, -0.15) is 0 Å². The van der Waals surface area contributed by atoms with Crippen molar-refractivity contribution in [3.63, 3.8) is 0 Å². The summed E-state index contributed by atoms with van der Waals surface area (Å²) in [6.45, 7) is 2.81. The summed E-state index contributed by atoms with van der Waals surface area (Å²) in [4.78, 5) is 0. The lowest BCUT2D eigenvalue weighted by molar-refractivity contribution is 0.00746. The standard InChI is InChI=1S/C11H14BrNO/c1-11(10(13)6-7-14-11)8-4-2-3-5-9(8)12/h2-5,10H,6-7,13H2,1H3. The van der Waals surface area contributed by atoms with E-state index in [1.165, 1.54) is 0 Å². The minimum Gasteiger partial charge on any atom is -0.369 e. The van der Waals surface area contributed by atoms with Gasteiger partial charge in [0.05, 0.1) is 0 Å². The quantitative estimate of drug-likeness (QED) is 0.837. The van der Waals surface area contributed by atoms with Gasteiger partial charge in [0.2, 0.25) is 0 Å². The second-order valence-corrected chi connectivity index (χ2v) is 4.68. The van der Waals surface area contributed by atoms with E-state index in [1.54, 1.807) is 0 Å². The molecule has 2 nitrogen and oxygen atoms in total. The molecule has 0 saturated carbocycles. The van der Waals surface area contributed by atoms with Crippen molar-refractivity contribution in [1.29, 1.82) is 0 Å². The van der Waals surface area contributed by atoms with Gasteiger partial charge in [0.15, 0.2) is 0 Å². The summed E-state index contributed by atoms with van der Waals surface area (Å²) in [7, 11) is 0. The van der Waals surface area contributed by atoms with E-state index in [0.29, 0.717) is 0 Å². The molecule has 1 heterocycles. The maximum absolute atomic E-state index is 6.07. The molecular weight excluding hydrogens is 242 g/mol. The van der Waals surface area contributed by atoms with Crippen molar-refractivity contribution < 1.29 is 4.74 Å². The number of rotatable bonds is 1. The van der Waals surface area contributed by atoms with Crippen LogP contribution in [0, 0.1) is 0 Å². The first-order chi connectivity index (χ1) is 6.64. The maximum atomic E-state index is 6.07. The first kappa shape index (κ1) is 10.1. The van der Waals surface area contributed by atoms with Gasteiger partial charge in [0.1, 0.15) is 5.60 Å². The highest BCUT2D eigenvalue weighted by atomic mass is 79.9. The molecule has 0 spiro atoms. The van der Waals surface area contributed by atoms with Crippen LogP contribution in [0.1, 0.15) is 18.9 Å². The van der Waals surface area contributed by atoms with Crippen LogP contribution in [0.4, 0.5) is 0 Å². The number of halogens is 1. The minimum atomic E-state index is -0.333. The Morgan fingerprint density at radius 2 is 2.21 bits per heavy atom.